The summed E-state index contributed by atoms with van der Waals surface area (Å²) in [6, 6.07) is 10.2. The number of piperidine rings is 1. The van der Waals surface area contributed by atoms with Crippen molar-refractivity contribution >= 4 is 23.4 Å². The second-order valence-corrected chi connectivity index (χ2v) is 8.24. The highest BCUT2D eigenvalue weighted by Gasteiger charge is 2.33. The molecular weight excluding hydrogens is 390 g/mol. The maximum atomic E-state index is 11.8. The number of benzene rings is 1. The number of carbonyl (C=O) groups is 1. The number of nitrogens with zero attached hydrogens (tertiary/aromatic N) is 4. The Morgan fingerprint density at radius 2 is 2.10 bits per heavy atom. The molecule has 1 unspecified atom stereocenters. The van der Waals surface area contributed by atoms with Crippen molar-refractivity contribution in [2.24, 2.45) is 11.1 Å². The van der Waals surface area contributed by atoms with E-state index in [1.165, 1.54) is 16.7 Å². The molecule has 0 spiro atoms. The van der Waals surface area contributed by atoms with Crippen LogP contribution >= 0.6 is 11.8 Å². The third kappa shape index (κ3) is 5.16. The molecule has 1 aromatic carbocycles. The average Bonchev–Trinajstić information content (AvgIpc) is 3.12. The summed E-state index contributed by atoms with van der Waals surface area (Å²) in [5.74, 6) is 0.999. The highest BCUT2D eigenvalue weighted by Crippen LogP contribution is 2.22. The van der Waals surface area contributed by atoms with Gasteiger partial charge in [-0.1, -0.05) is 42.0 Å². The van der Waals surface area contributed by atoms with Crippen LogP contribution in [-0.2, 0) is 16.1 Å². The minimum absolute atomic E-state index is 0.194. The van der Waals surface area contributed by atoms with Crippen LogP contribution in [0.5, 0.6) is 0 Å². The van der Waals surface area contributed by atoms with E-state index in [4.69, 9.17) is 4.74 Å². The number of esters is 1. The minimum Gasteiger partial charge on any atom is -0.465 e. The Hall–Kier alpha value is -2.39. The van der Waals surface area contributed by atoms with Crippen molar-refractivity contribution in [2.45, 2.75) is 44.9 Å². The maximum absolute atomic E-state index is 11.8. The molecular formula is C20H28N5O3S+. The van der Waals surface area contributed by atoms with Gasteiger partial charge in [0, 0.05) is 18.0 Å². The third-order valence-electron chi connectivity index (χ3n) is 5.20. The lowest BCUT2D eigenvalue weighted by atomic mass is 9.93. The largest absolute Gasteiger partial charge is 0.465 e. The van der Waals surface area contributed by atoms with Gasteiger partial charge in [0.2, 0.25) is 0 Å². The number of hydrogen-bond donors (Lipinski definition) is 2. The molecule has 3 rings (SSSR count). The van der Waals surface area contributed by atoms with Crippen molar-refractivity contribution in [3.8, 4) is 5.69 Å². The highest BCUT2D eigenvalue weighted by atomic mass is 32.2. The van der Waals surface area contributed by atoms with Gasteiger partial charge in [0.05, 0.1) is 30.7 Å². The number of likely N-dealkylation sites (tertiary alicyclic amines) is 1. The van der Waals surface area contributed by atoms with Crippen LogP contribution in [0.4, 0.5) is 0 Å². The zero-order chi connectivity index (χ0) is 20.8. The Bertz CT molecular complexity index is 855. The van der Waals surface area contributed by atoms with Crippen LogP contribution in [-0.4, -0.2) is 56.6 Å². The van der Waals surface area contributed by atoms with Crippen LogP contribution in [0.15, 0.2) is 40.6 Å². The lowest BCUT2D eigenvalue weighted by molar-refractivity contribution is -0.941. The van der Waals surface area contributed by atoms with E-state index in [2.05, 4.69) is 29.2 Å². The summed E-state index contributed by atoms with van der Waals surface area (Å²) in [7, 11) is 0. The van der Waals surface area contributed by atoms with Gasteiger partial charge in [0.15, 0.2) is 11.0 Å². The quantitative estimate of drug-likeness (QED) is 0.307. The van der Waals surface area contributed by atoms with E-state index in [1.54, 1.807) is 6.92 Å². The number of quaternary nitrogens is 1. The van der Waals surface area contributed by atoms with E-state index in [-0.39, 0.29) is 17.6 Å². The van der Waals surface area contributed by atoms with E-state index in [0.717, 1.165) is 30.2 Å². The van der Waals surface area contributed by atoms with Gasteiger partial charge in [-0.15, -0.1) is 10.2 Å². The molecule has 2 aromatic rings. The molecule has 1 aromatic heterocycles. The molecule has 2 N–H and O–H groups in total. The summed E-state index contributed by atoms with van der Waals surface area (Å²) in [5.41, 5.74) is 1.82. The minimum atomic E-state index is -0.262. The van der Waals surface area contributed by atoms with E-state index in [1.807, 2.05) is 34.9 Å². The van der Waals surface area contributed by atoms with Crippen molar-refractivity contribution in [1.82, 2.24) is 14.8 Å². The molecule has 0 radical (unpaired) electrons. The monoisotopic (exact) mass is 418 g/mol. The molecule has 1 saturated heterocycles. The van der Waals surface area contributed by atoms with Gasteiger partial charge >= 0.3 is 5.97 Å². The van der Waals surface area contributed by atoms with E-state index in [0.29, 0.717) is 24.3 Å². The van der Waals surface area contributed by atoms with Crippen LogP contribution < -0.4 is 4.90 Å². The fourth-order valence-corrected chi connectivity index (χ4v) is 4.40. The topological polar surface area (TPSA) is 94.0 Å². The lowest BCUT2D eigenvalue weighted by Crippen LogP contribution is -3.16. The number of aromatic nitrogens is 3. The van der Waals surface area contributed by atoms with Crippen LogP contribution in [0.2, 0.25) is 0 Å². The number of nitrogens with one attached hydrogen (secondary N) is 1. The van der Waals surface area contributed by atoms with Crippen molar-refractivity contribution in [3.05, 3.63) is 36.2 Å². The van der Waals surface area contributed by atoms with E-state index < -0.39 is 0 Å². The summed E-state index contributed by atoms with van der Waals surface area (Å²) < 4.78 is 7.05. The van der Waals surface area contributed by atoms with Crippen molar-refractivity contribution in [2.75, 3.05) is 18.9 Å². The summed E-state index contributed by atoms with van der Waals surface area (Å²) in [5, 5.41) is 22.2. The normalized spacial score (nSPS) is 23.3. The summed E-state index contributed by atoms with van der Waals surface area (Å²) in [6.07, 6.45) is 0.761. The first kappa shape index (κ1) is 21.3. The van der Waals surface area contributed by atoms with Gasteiger partial charge in [0.1, 0.15) is 6.54 Å². The Kier molecular flexibility index (Phi) is 7.27. The van der Waals surface area contributed by atoms with Crippen molar-refractivity contribution in [3.63, 3.8) is 0 Å². The summed E-state index contributed by atoms with van der Waals surface area (Å²) in [4.78, 5) is 13.2. The fraction of sp³-hybridized carbons (Fsp3) is 0.500. The Morgan fingerprint density at radius 1 is 1.34 bits per heavy atom. The highest BCUT2D eigenvalue weighted by molar-refractivity contribution is 7.99. The maximum Gasteiger partial charge on any atom is 0.316 e. The summed E-state index contributed by atoms with van der Waals surface area (Å²) >= 11 is 1.33. The molecule has 8 nitrogen and oxygen atoms in total. The summed E-state index contributed by atoms with van der Waals surface area (Å²) in [6.45, 7) is 7.97. The molecule has 0 bridgehead atoms. The molecule has 3 atom stereocenters. The van der Waals surface area contributed by atoms with Crippen LogP contribution in [0, 0.1) is 5.92 Å². The van der Waals surface area contributed by atoms with Gasteiger partial charge in [0.25, 0.3) is 0 Å². The van der Waals surface area contributed by atoms with E-state index >= 15 is 0 Å². The van der Waals surface area contributed by atoms with Crippen LogP contribution in [0.3, 0.4) is 0 Å². The van der Waals surface area contributed by atoms with Gasteiger partial charge < -0.3 is 14.8 Å². The standard InChI is InChI=1S/C20H27N5O3S/c1-4-28-19(26)13-29-20-22-21-18(25(20)16-8-6-5-7-9-16)12-24-11-14(2)17(23-27)10-15(24)3/h5-9,14-15,27H,4,10-13H2,1-3H3/p+1/b23-17+/t14-,15+/m1/s1. The molecule has 1 aliphatic heterocycles. The third-order valence-corrected chi connectivity index (χ3v) is 6.10. The SMILES string of the molecule is CCOC(=O)CSc1nnc(C[NH+]2C[C@@H](C)/C(=N/O)C[C@@H]2C)n1-c1ccccc1. The lowest BCUT2D eigenvalue weighted by Gasteiger charge is -2.33. The number of carbonyl (C=O) groups excluding carboxylic acids is 1. The molecule has 0 aliphatic carbocycles. The second-order valence-electron chi connectivity index (χ2n) is 7.30. The number of ether oxygens (including phenoxy) is 1. The first-order chi connectivity index (χ1) is 14.0. The van der Waals surface area contributed by atoms with Gasteiger partial charge in [-0.25, -0.2) is 0 Å². The van der Waals surface area contributed by atoms with Crippen LogP contribution in [0.25, 0.3) is 5.69 Å². The van der Waals surface area contributed by atoms with Crippen molar-refractivity contribution in [1.29, 1.82) is 0 Å². The molecule has 0 amide bonds. The number of oxime groups is 1. The van der Waals surface area contributed by atoms with Gasteiger partial charge in [-0.2, -0.15) is 0 Å². The van der Waals surface area contributed by atoms with Crippen molar-refractivity contribution < 1.29 is 19.6 Å². The predicted molar refractivity (Wildman–Crippen MR) is 111 cm³/mol. The smallest absolute Gasteiger partial charge is 0.316 e. The zero-order valence-electron chi connectivity index (χ0n) is 17.0. The number of para-hydroxylation sites is 1. The molecule has 1 aliphatic rings. The fourth-order valence-electron chi connectivity index (χ4n) is 3.63. The molecule has 156 valence electrons. The first-order valence-electron chi connectivity index (χ1n) is 9.87. The predicted octanol–water partition coefficient (Wildman–Crippen LogP) is 1.57. The average molecular weight is 419 g/mol. The molecule has 29 heavy (non-hydrogen) atoms. The zero-order valence-corrected chi connectivity index (χ0v) is 17.9. The number of thioether (sulfide) groups is 1. The molecule has 0 saturated carbocycles. The number of rotatable bonds is 7. The second kappa shape index (κ2) is 9.89. The molecule has 2 heterocycles. The van der Waals surface area contributed by atoms with E-state index in [9.17, 15) is 10.0 Å². The Morgan fingerprint density at radius 3 is 2.79 bits per heavy atom. The Balaban J connectivity index is 1.84. The van der Waals surface area contributed by atoms with Gasteiger partial charge in [-0.3, -0.25) is 9.36 Å². The number of hydrogen-bond acceptors (Lipinski definition) is 7. The van der Waals surface area contributed by atoms with Gasteiger partial charge in [-0.05, 0) is 26.0 Å². The molecule has 1 fully saturated rings. The first-order valence-corrected chi connectivity index (χ1v) is 10.9. The molecule has 9 heteroatoms. The Labute approximate surface area is 174 Å². The van der Waals surface area contributed by atoms with Crippen LogP contribution in [0.1, 0.15) is 33.0 Å².